The summed E-state index contributed by atoms with van der Waals surface area (Å²) in [6, 6.07) is 10.4. The van der Waals surface area contributed by atoms with Crippen LogP contribution in [0.1, 0.15) is 16.3 Å². The lowest BCUT2D eigenvalue weighted by atomic mass is 10.1. The van der Waals surface area contributed by atoms with Gasteiger partial charge in [0.25, 0.3) is 0 Å². The van der Waals surface area contributed by atoms with Crippen LogP contribution in [0, 0.1) is 18.3 Å². The molecule has 0 aliphatic carbocycles. The zero-order valence-electron chi connectivity index (χ0n) is 11.1. The van der Waals surface area contributed by atoms with Gasteiger partial charge in [-0.15, -0.1) is 16.4 Å². The Morgan fingerprint density at radius 3 is 2.71 bits per heavy atom. The monoisotopic (exact) mass is 310 g/mol. The maximum absolute atomic E-state index is 9.30. The molecular formula is C15H10N4S2. The maximum Gasteiger partial charge on any atom is 0.134 e. The third-order valence-electron chi connectivity index (χ3n) is 2.87. The molecule has 0 fully saturated rings. The number of aryl methyl sites for hydroxylation is 1. The third kappa shape index (κ3) is 3.05. The summed E-state index contributed by atoms with van der Waals surface area (Å²) in [6.45, 7) is 2.05. The molecular weight excluding hydrogens is 300 g/mol. The smallest absolute Gasteiger partial charge is 0.134 e. The van der Waals surface area contributed by atoms with Crippen LogP contribution in [0.2, 0.25) is 0 Å². The number of rotatable bonds is 3. The molecule has 6 heteroatoms. The lowest BCUT2D eigenvalue weighted by Crippen LogP contribution is -1.83. The van der Waals surface area contributed by atoms with Crippen molar-refractivity contribution in [2.45, 2.75) is 6.92 Å². The summed E-state index contributed by atoms with van der Waals surface area (Å²) in [7, 11) is 0. The van der Waals surface area contributed by atoms with Crippen LogP contribution in [0.15, 0.2) is 35.0 Å². The second-order valence-corrected chi connectivity index (χ2v) is 5.87. The van der Waals surface area contributed by atoms with Gasteiger partial charge in [-0.2, -0.15) is 5.26 Å². The van der Waals surface area contributed by atoms with E-state index in [1.165, 1.54) is 28.4 Å². The number of hydrogen-bond donors (Lipinski definition) is 0. The number of allylic oxidation sites excluding steroid dienone is 1. The summed E-state index contributed by atoms with van der Waals surface area (Å²) >= 11 is 2.71. The molecule has 3 rings (SSSR count). The van der Waals surface area contributed by atoms with Gasteiger partial charge in [0, 0.05) is 16.3 Å². The van der Waals surface area contributed by atoms with Crippen LogP contribution >= 0.6 is 22.9 Å². The van der Waals surface area contributed by atoms with Gasteiger partial charge in [0.1, 0.15) is 11.1 Å². The molecule has 3 aromatic rings. The van der Waals surface area contributed by atoms with E-state index < -0.39 is 0 Å². The summed E-state index contributed by atoms with van der Waals surface area (Å²) in [5.41, 5.74) is 4.33. The zero-order chi connectivity index (χ0) is 14.7. The fourth-order valence-corrected chi connectivity index (χ4v) is 2.99. The van der Waals surface area contributed by atoms with Crippen molar-refractivity contribution >= 4 is 34.5 Å². The van der Waals surface area contributed by atoms with Crippen LogP contribution < -0.4 is 0 Å². The van der Waals surface area contributed by atoms with E-state index in [0.717, 1.165) is 11.3 Å². The van der Waals surface area contributed by atoms with E-state index in [9.17, 15) is 5.26 Å². The van der Waals surface area contributed by atoms with Crippen LogP contribution in [-0.4, -0.2) is 14.6 Å². The van der Waals surface area contributed by atoms with Crippen molar-refractivity contribution in [3.8, 4) is 17.3 Å². The average molecular weight is 310 g/mol. The maximum atomic E-state index is 9.30. The van der Waals surface area contributed by atoms with Crippen molar-refractivity contribution < 1.29 is 0 Å². The van der Waals surface area contributed by atoms with Crippen LogP contribution in [-0.2, 0) is 0 Å². The van der Waals surface area contributed by atoms with E-state index in [1.54, 1.807) is 11.5 Å². The standard InChI is InChI=1S/C15H10N4S2/c1-10-2-4-11(5-3-10)14-9-20-15(17-14)12(7-16)6-13-8-21-19-18-13/h2-6,8-9H,1H3/b12-6+. The Bertz CT molecular complexity index is 808. The molecule has 0 spiro atoms. The molecule has 2 aromatic heterocycles. The fraction of sp³-hybridized carbons (Fsp3) is 0.0667. The molecule has 1 aromatic carbocycles. The number of thiazole rings is 1. The van der Waals surface area contributed by atoms with Gasteiger partial charge in [-0.25, -0.2) is 4.98 Å². The minimum atomic E-state index is 0.506. The first-order valence-corrected chi connectivity index (χ1v) is 7.89. The average Bonchev–Trinajstić information content (AvgIpc) is 3.17. The molecule has 0 atom stereocenters. The predicted molar refractivity (Wildman–Crippen MR) is 85.7 cm³/mol. The molecule has 0 radical (unpaired) electrons. The Balaban J connectivity index is 1.94. The zero-order valence-corrected chi connectivity index (χ0v) is 12.8. The summed E-state index contributed by atoms with van der Waals surface area (Å²) in [5, 5.41) is 17.7. The molecule has 0 aliphatic rings. The second-order valence-electron chi connectivity index (χ2n) is 4.40. The van der Waals surface area contributed by atoms with Crippen molar-refractivity contribution in [2.24, 2.45) is 0 Å². The highest BCUT2D eigenvalue weighted by atomic mass is 32.1. The van der Waals surface area contributed by atoms with Crippen molar-refractivity contribution in [2.75, 3.05) is 0 Å². The minimum Gasteiger partial charge on any atom is -0.235 e. The number of nitrogens with zero attached hydrogens (tertiary/aromatic N) is 4. The molecule has 21 heavy (non-hydrogen) atoms. The molecule has 0 bridgehead atoms. The van der Waals surface area contributed by atoms with E-state index in [0.29, 0.717) is 16.3 Å². The summed E-state index contributed by atoms with van der Waals surface area (Å²) < 4.78 is 3.78. The number of hydrogen-bond acceptors (Lipinski definition) is 6. The Kier molecular flexibility index (Phi) is 3.86. The predicted octanol–water partition coefficient (Wildman–Crippen LogP) is 4.03. The van der Waals surface area contributed by atoms with Crippen molar-refractivity contribution in [3.05, 3.63) is 51.3 Å². The topological polar surface area (TPSA) is 62.5 Å². The molecule has 0 saturated carbocycles. The molecule has 0 saturated heterocycles. The largest absolute Gasteiger partial charge is 0.235 e. The first-order valence-electron chi connectivity index (χ1n) is 6.18. The number of benzene rings is 1. The molecule has 0 unspecified atom stereocenters. The summed E-state index contributed by atoms with van der Waals surface area (Å²) in [5.74, 6) is 0. The SMILES string of the molecule is Cc1ccc(-c2csc(/C(C#N)=C/c3csnn3)n2)cc1. The number of aromatic nitrogens is 3. The van der Waals surface area contributed by atoms with E-state index in [4.69, 9.17) is 0 Å². The lowest BCUT2D eigenvalue weighted by Gasteiger charge is -1.97. The van der Waals surface area contributed by atoms with Gasteiger partial charge < -0.3 is 0 Å². The molecule has 4 nitrogen and oxygen atoms in total. The van der Waals surface area contributed by atoms with Crippen LogP contribution in [0.5, 0.6) is 0 Å². The van der Waals surface area contributed by atoms with Crippen LogP contribution in [0.3, 0.4) is 0 Å². The highest BCUT2D eigenvalue weighted by Gasteiger charge is 2.09. The third-order valence-corrected chi connectivity index (χ3v) is 4.27. The highest BCUT2D eigenvalue weighted by molar-refractivity contribution is 7.11. The first-order chi connectivity index (χ1) is 10.3. The van der Waals surface area contributed by atoms with Crippen molar-refractivity contribution in [1.82, 2.24) is 14.6 Å². The van der Waals surface area contributed by atoms with E-state index in [1.807, 2.05) is 17.5 Å². The Labute approximate surface area is 130 Å². The van der Waals surface area contributed by atoms with E-state index in [2.05, 4.69) is 39.7 Å². The summed E-state index contributed by atoms with van der Waals surface area (Å²) in [6.07, 6.45) is 1.71. The van der Waals surface area contributed by atoms with Crippen molar-refractivity contribution in [3.63, 3.8) is 0 Å². The van der Waals surface area contributed by atoms with Crippen molar-refractivity contribution in [1.29, 1.82) is 5.26 Å². The molecule has 0 amide bonds. The molecule has 102 valence electrons. The fourth-order valence-electron chi connectivity index (χ4n) is 1.78. The van der Waals surface area contributed by atoms with Gasteiger partial charge in [0.2, 0.25) is 0 Å². The Morgan fingerprint density at radius 1 is 1.24 bits per heavy atom. The molecule has 0 aliphatic heterocycles. The molecule has 0 N–H and O–H groups in total. The van der Waals surface area contributed by atoms with Gasteiger partial charge in [0.15, 0.2) is 0 Å². The molecule has 2 heterocycles. The Morgan fingerprint density at radius 2 is 2.05 bits per heavy atom. The quantitative estimate of drug-likeness (QED) is 0.685. The van der Waals surface area contributed by atoms with E-state index >= 15 is 0 Å². The van der Waals surface area contributed by atoms with Crippen LogP contribution in [0.25, 0.3) is 22.9 Å². The Hall–Kier alpha value is -2.36. The van der Waals surface area contributed by atoms with Gasteiger partial charge in [-0.05, 0) is 24.5 Å². The normalized spacial score (nSPS) is 11.3. The first kappa shape index (κ1) is 13.6. The van der Waals surface area contributed by atoms with Gasteiger partial charge in [0.05, 0.1) is 17.0 Å². The van der Waals surface area contributed by atoms with Gasteiger partial charge >= 0.3 is 0 Å². The van der Waals surface area contributed by atoms with E-state index in [-0.39, 0.29) is 0 Å². The number of nitriles is 1. The highest BCUT2D eigenvalue weighted by Crippen LogP contribution is 2.27. The van der Waals surface area contributed by atoms with Gasteiger partial charge in [-0.1, -0.05) is 34.3 Å². The minimum absolute atomic E-state index is 0.506. The van der Waals surface area contributed by atoms with Crippen LogP contribution in [0.4, 0.5) is 0 Å². The lowest BCUT2D eigenvalue weighted by molar-refractivity contribution is 1.14. The second kappa shape index (κ2) is 5.95. The summed E-state index contributed by atoms with van der Waals surface area (Å²) in [4.78, 5) is 4.54. The van der Waals surface area contributed by atoms with Gasteiger partial charge in [-0.3, -0.25) is 0 Å².